The van der Waals surface area contributed by atoms with E-state index in [-0.39, 0.29) is 6.04 Å². The first-order chi connectivity index (χ1) is 8.75. The van der Waals surface area contributed by atoms with Gasteiger partial charge >= 0.3 is 0 Å². The summed E-state index contributed by atoms with van der Waals surface area (Å²) in [6, 6.07) is 10.1. The number of hydrogen-bond acceptors (Lipinski definition) is 3. The summed E-state index contributed by atoms with van der Waals surface area (Å²) in [4.78, 5) is 8.48. The van der Waals surface area contributed by atoms with E-state index in [9.17, 15) is 0 Å². The molecule has 0 aliphatic heterocycles. The van der Waals surface area contributed by atoms with Crippen LogP contribution in [0.1, 0.15) is 18.7 Å². The van der Waals surface area contributed by atoms with E-state index in [1.807, 2.05) is 35.8 Å². The number of benzene rings is 1. The summed E-state index contributed by atoms with van der Waals surface area (Å²) in [6.07, 6.45) is 5.39. The minimum absolute atomic E-state index is 0.0444. The molecule has 18 heavy (non-hydrogen) atoms. The SMILES string of the molecule is CC(N)c1cncn1-c1ccc2ncccc2c1. The maximum atomic E-state index is 5.94. The fourth-order valence-corrected chi connectivity index (χ4v) is 2.07. The highest BCUT2D eigenvalue weighted by atomic mass is 15.1. The summed E-state index contributed by atoms with van der Waals surface area (Å²) in [5.41, 5.74) is 8.98. The normalized spacial score (nSPS) is 12.8. The molecule has 4 heteroatoms. The minimum Gasteiger partial charge on any atom is -0.323 e. The van der Waals surface area contributed by atoms with Crippen LogP contribution in [0.5, 0.6) is 0 Å². The van der Waals surface area contributed by atoms with E-state index < -0.39 is 0 Å². The molecular formula is C14H14N4. The number of imidazole rings is 1. The van der Waals surface area contributed by atoms with Crippen LogP contribution in [0.3, 0.4) is 0 Å². The maximum Gasteiger partial charge on any atom is 0.0994 e. The van der Waals surface area contributed by atoms with E-state index in [0.29, 0.717) is 0 Å². The third-order valence-corrected chi connectivity index (χ3v) is 3.00. The van der Waals surface area contributed by atoms with Gasteiger partial charge in [-0.25, -0.2) is 4.98 Å². The molecular weight excluding hydrogens is 224 g/mol. The van der Waals surface area contributed by atoms with Crippen LogP contribution in [0.4, 0.5) is 0 Å². The molecule has 0 radical (unpaired) electrons. The first-order valence-corrected chi connectivity index (χ1v) is 5.89. The highest BCUT2D eigenvalue weighted by Crippen LogP contribution is 2.20. The van der Waals surface area contributed by atoms with Crippen LogP contribution in [0.25, 0.3) is 16.6 Å². The molecule has 2 heterocycles. The van der Waals surface area contributed by atoms with E-state index in [1.54, 1.807) is 18.7 Å². The van der Waals surface area contributed by atoms with Gasteiger partial charge in [0.25, 0.3) is 0 Å². The number of nitrogens with zero attached hydrogens (tertiary/aromatic N) is 3. The molecule has 90 valence electrons. The summed E-state index contributed by atoms with van der Waals surface area (Å²) in [5.74, 6) is 0. The Morgan fingerprint density at radius 1 is 1.28 bits per heavy atom. The predicted octanol–water partition coefficient (Wildman–Crippen LogP) is 2.44. The highest BCUT2D eigenvalue weighted by Gasteiger charge is 2.08. The van der Waals surface area contributed by atoms with Crippen molar-refractivity contribution < 1.29 is 0 Å². The fraction of sp³-hybridized carbons (Fsp3) is 0.143. The number of rotatable bonds is 2. The molecule has 1 unspecified atom stereocenters. The standard InChI is InChI=1S/C14H14N4/c1-10(15)14-8-16-9-18(14)12-4-5-13-11(7-12)3-2-6-17-13/h2-10H,15H2,1H3. The zero-order chi connectivity index (χ0) is 12.5. The van der Waals surface area contributed by atoms with Crippen LogP contribution >= 0.6 is 0 Å². The van der Waals surface area contributed by atoms with Crippen molar-refractivity contribution in [2.75, 3.05) is 0 Å². The van der Waals surface area contributed by atoms with Crippen molar-refractivity contribution in [2.45, 2.75) is 13.0 Å². The van der Waals surface area contributed by atoms with E-state index in [2.05, 4.69) is 16.0 Å². The first-order valence-electron chi connectivity index (χ1n) is 5.89. The average Bonchev–Trinajstić information content (AvgIpc) is 2.87. The van der Waals surface area contributed by atoms with E-state index in [4.69, 9.17) is 5.73 Å². The Morgan fingerprint density at radius 2 is 2.17 bits per heavy atom. The van der Waals surface area contributed by atoms with Crippen LogP contribution in [-0.4, -0.2) is 14.5 Å². The smallest absolute Gasteiger partial charge is 0.0994 e. The third-order valence-electron chi connectivity index (χ3n) is 3.00. The number of pyridine rings is 1. The molecule has 0 fully saturated rings. The highest BCUT2D eigenvalue weighted by molar-refractivity contribution is 5.80. The molecule has 0 aliphatic carbocycles. The summed E-state index contributed by atoms with van der Waals surface area (Å²) in [5, 5.41) is 1.11. The van der Waals surface area contributed by atoms with Crippen molar-refractivity contribution in [2.24, 2.45) is 5.73 Å². The van der Waals surface area contributed by atoms with E-state index >= 15 is 0 Å². The van der Waals surface area contributed by atoms with Crippen molar-refractivity contribution in [3.63, 3.8) is 0 Å². The van der Waals surface area contributed by atoms with Crippen molar-refractivity contribution in [1.29, 1.82) is 0 Å². The summed E-state index contributed by atoms with van der Waals surface area (Å²) in [7, 11) is 0. The molecule has 0 saturated heterocycles. The molecule has 1 aromatic carbocycles. The largest absolute Gasteiger partial charge is 0.323 e. The molecule has 0 amide bonds. The minimum atomic E-state index is -0.0444. The zero-order valence-electron chi connectivity index (χ0n) is 10.1. The van der Waals surface area contributed by atoms with Crippen LogP contribution in [0.15, 0.2) is 49.1 Å². The van der Waals surface area contributed by atoms with Crippen molar-refractivity contribution in [1.82, 2.24) is 14.5 Å². The van der Waals surface area contributed by atoms with Gasteiger partial charge in [-0.1, -0.05) is 6.07 Å². The second-order valence-electron chi connectivity index (χ2n) is 4.36. The van der Waals surface area contributed by atoms with Gasteiger partial charge in [0.2, 0.25) is 0 Å². The van der Waals surface area contributed by atoms with Crippen LogP contribution in [0.2, 0.25) is 0 Å². The van der Waals surface area contributed by atoms with Crippen LogP contribution in [-0.2, 0) is 0 Å². The predicted molar refractivity (Wildman–Crippen MR) is 71.5 cm³/mol. The van der Waals surface area contributed by atoms with Crippen molar-refractivity contribution >= 4 is 10.9 Å². The Morgan fingerprint density at radius 3 is 3.00 bits per heavy atom. The number of fused-ring (bicyclic) bond motifs is 1. The molecule has 2 N–H and O–H groups in total. The van der Waals surface area contributed by atoms with Crippen LogP contribution in [0, 0.1) is 0 Å². The van der Waals surface area contributed by atoms with E-state index in [0.717, 1.165) is 22.3 Å². The van der Waals surface area contributed by atoms with Gasteiger partial charge in [-0.05, 0) is 31.2 Å². The van der Waals surface area contributed by atoms with Gasteiger partial charge in [0.1, 0.15) is 0 Å². The van der Waals surface area contributed by atoms with Crippen LogP contribution < -0.4 is 5.73 Å². The second-order valence-corrected chi connectivity index (χ2v) is 4.36. The van der Waals surface area contributed by atoms with Crippen molar-refractivity contribution in [3.8, 4) is 5.69 Å². The Kier molecular flexibility index (Phi) is 2.57. The van der Waals surface area contributed by atoms with Gasteiger partial charge in [-0.3, -0.25) is 4.98 Å². The Bertz CT molecular complexity index is 685. The Balaban J connectivity index is 2.16. The molecule has 2 aromatic heterocycles. The topological polar surface area (TPSA) is 56.7 Å². The Labute approximate surface area is 105 Å². The molecule has 4 nitrogen and oxygen atoms in total. The lowest BCUT2D eigenvalue weighted by molar-refractivity contribution is 0.753. The summed E-state index contributed by atoms with van der Waals surface area (Å²) >= 11 is 0. The molecule has 0 aliphatic rings. The van der Waals surface area contributed by atoms with Gasteiger partial charge in [0.15, 0.2) is 0 Å². The molecule has 0 bridgehead atoms. The van der Waals surface area contributed by atoms with Gasteiger partial charge in [-0.2, -0.15) is 0 Å². The summed E-state index contributed by atoms with van der Waals surface area (Å²) in [6.45, 7) is 1.95. The quantitative estimate of drug-likeness (QED) is 0.746. The summed E-state index contributed by atoms with van der Waals surface area (Å²) < 4.78 is 2.01. The van der Waals surface area contributed by atoms with Gasteiger partial charge in [-0.15, -0.1) is 0 Å². The Hall–Kier alpha value is -2.20. The maximum absolute atomic E-state index is 5.94. The second kappa shape index (κ2) is 4.23. The lowest BCUT2D eigenvalue weighted by Crippen LogP contribution is -2.10. The van der Waals surface area contributed by atoms with Gasteiger partial charge in [0, 0.05) is 23.3 Å². The average molecular weight is 238 g/mol. The first kappa shape index (κ1) is 10.9. The molecule has 1 atom stereocenters. The molecule has 0 saturated carbocycles. The lowest BCUT2D eigenvalue weighted by Gasteiger charge is -2.11. The number of nitrogens with two attached hydrogens (primary N) is 1. The van der Waals surface area contributed by atoms with E-state index in [1.165, 1.54) is 0 Å². The zero-order valence-corrected chi connectivity index (χ0v) is 10.1. The molecule has 0 spiro atoms. The number of hydrogen-bond donors (Lipinski definition) is 1. The number of aromatic nitrogens is 3. The molecule has 3 rings (SSSR count). The lowest BCUT2D eigenvalue weighted by atomic mass is 10.2. The monoisotopic (exact) mass is 238 g/mol. The van der Waals surface area contributed by atoms with Gasteiger partial charge in [0.05, 0.1) is 23.7 Å². The third kappa shape index (κ3) is 1.76. The van der Waals surface area contributed by atoms with Crippen molar-refractivity contribution in [3.05, 3.63) is 54.7 Å². The van der Waals surface area contributed by atoms with Gasteiger partial charge < -0.3 is 10.3 Å². The fourth-order valence-electron chi connectivity index (χ4n) is 2.07. The molecule has 3 aromatic rings.